The van der Waals surface area contributed by atoms with Crippen LogP contribution >= 0.6 is 0 Å². The number of sulfonamides is 1. The van der Waals surface area contributed by atoms with Gasteiger partial charge in [-0.2, -0.15) is 0 Å². The van der Waals surface area contributed by atoms with Crippen molar-refractivity contribution in [3.05, 3.63) is 18.2 Å². The molecule has 27 heavy (non-hydrogen) atoms. The standard InChI is InChI=1S/C17H25N5O4S/c1-12-6-5-7-13(2)21(12)17(23)11-26-22-16-10-14(27(24,25)20(3)4)8-9-15(16)18-19-22/h8-10,12-13H,5-7,11H2,1-4H3/t12-,13-/m1/s1. The maximum Gasteiger partial charge on any atom is 0.263 e. The number of benzene rings is 1. The summed E-state index contributed by atoms with van der Waals surface area (Å²) >= 11 is 0. The van der Waals surface area contributed by atoms with Crippen LogP contribution in [-0.2, 0) is 14.8 Å². The predicted octanol–water partition coefficient (Wildman–Crippen LogP) is 0.900. The monoisotopic (exact) mass is 395 g/mol. The highest BCUT2D eigenvalue weighted by atomic mass is 32.2. The molecule has 0 spiro atoms. The van der Waals surface area contributed by atoms with Crippen molar-refractivity contribution in [3.8, 4) is 0 Å². The fraction of sp³-hybridized carbons (Fsp3) is 0.588. The van der Waals surface area contributed by atoms with Crippen LogP contribution < -0.4 is 4.84 Å². The molecular weight excluding hydrogens is 370 g/mol. The quantitative estimate of drug-likeness (QED) is 0.746. The zero-order valence-corrected chi connectivity index (χ0v) is 16.8. The van der Waals surface area contributed by atoms with Gasteiger partial charge in [0.1, 0.15) is 11.0 Å². The molecule has 9 nitrogen and oxygen atoms in total. The molecule has 0 radical (unpaired) electrons. The van der Waals surface area contributed by atoms with Gasteiger partial charge in [-0.25, -0.2) is 12.7 Å². The van der Waals surface area contributed by atoms with Crippen molar-refractivity contribution in [2.24, 2.45) is 0 Å². The largest absolute Gasteiger partial charge is 0.385 e. The third kappa shape index (κ3) is 3.77. The van der Waals surface area contributed by atoms with Gasteiger partial charge in [-0.15, -0.1) is 5.10 Å². The van der Waals surface area contributed by atoms with Crippen molar-refractivity contribution in [2.45, 2.75) is 50.1 Å². The van der Waals surface area contributed by atoms with E-state index in [0.29, 0.717) is 11.0 Å². The molecule has 1 fully saturated rings. The van der Waals surface area contributed by atoms with E-state index in [1.54, 1.807) is 6.07 Å². The summed E-state index contributed by atoms with van der Waals surface area (Å²) in [7, 11) is -0.665. The van der Waals surface area contributed by atoms with Gasteiger partial charge in [-0.3, -0.25) is 4.79 Å². The highest BCUT2D eigenvalue weighted by Crippen LogP contribution is 2.23. The molecule has 1 aliphatic heterocycles. The number of likely N-dealkylation sites (tertiary alicyclic amines) is 1. The van der Waals surface area contributed by atoms with E-state index in [-0.39, 0.29) is 29.5 Å². The summed E-state index contributed by atoms with van der Waals surface area (Å²) in [5, 5.41) is 7.85. The Kier molecular flexibility index (Phi) is 5.38. The highest BCUT2D eigenvalue weighted by Gasteiger charge is 2.29. The summed E-state index contributed by atoms with van der Waals surface area (Å²) < 4.78 is 25.8. The average Bonchev–Trinajstić information content (AvgIpc) is 3.02. The highest BCUT2D eigenvalue weighted by molar-refractivity contribution is 7.89. The van der Waals surface area contributed by atoms with Gasteiger partial charge in [0, 0.05) is 26.2 Å². The average molecular weight is 395 g/mol. The van der Waals surface area contributed by atoms with Crippen LogP contribution in [0.3, 0.4) is 0 Å². The van der Waals surface area contributed by atoms with Crippen molar-refractivity contribution in [1.29, 1.82) is 0 Å². The number of carbonyl (C=O) groups is 1. The Balaban J connectivity index is 1.80. The van der Waals surface area contributed by atoms with Gasteiger partial charge in [0.25, 0.3) is 5.91 Å². The second kappa shape index (κ2) is 7.43. The normalized spacial score (nSPS) is 21.0. The Morgan fingerprint density at radius 2 is 1.93 bits per heavy atom. The molecule has 1 aromatic carbocycles. The first-order chi connectivity index (χ1) is 12.7. The number of hydrogen-bond acceptors (Lipinski definition) is 6. The second-order valence-electron chi connectivity index (χ2n) is 7.10. The van der Waals surface area contributed by atoms with E-state index in [0.717, 1.165) is 28.4 Å². The van der Waals surface area contributed by atoms with Crippen LogP contribution in [0.4, 0.5) is 0 Å². The number of rotatable bonds is 5. The van der Waals surface area contributed by atoms with E-state index in [1.807, 2.05) is 18.7 Å². The van der Waals surface area contributed by atoms with Crippen molar-refractivity contribution >= 4 is 27.0 Å². The second-order valence-corrected chi connectivity index (χ2v) is 9.26. The van der Waals surface area contributed by atoms with Crippen molar-refractivity contribution in [2.75, 3.05) is 20.7 Å². The van der Waals surface area contributed by atoms with E-state index >= 15 is 0 Å². The number of nitrogens with zero attached hydrogens (tertiary/aromatic N) is 5. The molecule has 0 aliphatic carbocycles. The Morgan fingerprint density at radius 3 is 2.56 bits per heavy atom. The molecule has 0 saturated carbocycles. The summed E-state index contributed by atoms with van der Waals surface area (Å²) in [6.07, 6.45) is 3.08. The minimum atomic E-state index is -3.59. The Hall–Kier alpha value is -2.20. The molecule has 2 heterocycles. The zero-order chi connectivity index (χ0) is 19.8. The van der Waals surface area contributed by atoms with Crippen molar-refractivity contribution in [3.63, 3.8) is 0 Å². The fourth-order valence-corrected chi connectivity index (χ4v) is 4.37. The first-order valence-corrected chi connectivity index (χ1v) is 10.4. The molecule has 2 aromatic rings. The molecular formula is C17H25N5O4S. The summed E-state index contributed by atoms with van der Waals surface area (Å²) in [5.74, 6) is -0.115. The van der Waals surface area contributed by atoms with E-state index in [9.17, 15) is 13.2 Å². The number of hydrogen-bond donors (Lipinski definition) is 0. The minimum Gasteiger partial charge on any atom is -0.385 e. The first kappa shape index (κ1) is 19.6. The van der Waals surface area contributed by atoms with E-state index in [4.69, 9.17) is 4.84 Å². The predicted molar refractivity (Wildman–Crippen MR) is 99.5 cm³/mol. The maximum absolute atomic E-state index is 12.6. The van der Waals surface area contributed by atoms with Crippen LogP contribution in [0.1, 0.15) is 33.1 Å². The minimum absolute atomic E-state index is 0.108. The summed E-state index contributed by atoms with van der Waals surface area (Å²) in [5.41, 5.74) is 0.880. The smallest absolute Gasteiger partial charge is 0.263 e. The number of amides is 1. The number of carbonyl (C=O) groups excluding carboxylic acids is 1. The van der Waals surface area contributed by atoms with E-state index < -0.39 is 10.0 Å². The molecule has 3 rings (SSSR count). The van der Waals surface area contributed by atoms with Crippen molar-refractivity contribution in [1.82, 2.24) is 24.4 Å². The Bertz CT molecular complexity index is 930. The molecule has 10 heteroatoms. The van der Waals surface area contributed by atoms with Crippen LogP contribution in [-0.4, -0.2) is 71.5 Å². The number of fused-ring (bicyclic) bond motifs is 1. The number of aromatic nitrogens is 3. The SMILES string of the molecule is C[C@@H]1CCC[C@@H](C)N1C(=O)COn1nnc2ccc(S(=O)(=O)N(C)C)cc21. The van der Waals surface area contributed by atoms with Crippen LogP contribution in [0.15, 0.2) is 23.1 Å². The topological polar surface area (TPSA) is 97.6 Å². The summed E-state index contributed by atoms with van der Waals surface area (Å²) in [6, 6.07) is 4.83. The third-order valence-electron chi connectivity index (χ3n) is 4.96. The Labute approximate surface area is 158 Å². The number of piperidine rings is 1. The van der Waals surface area contributed by atoms with Crippen LogP contribution in [0.25, 0.3) is 11.0 Å². The zero-order valence-electron chi connectivity index (χ0n) is 16.0. The molecule has 0 unspecified atom stereocenters. The molecule has 1 saturated heterocycles. The van der Waals surface area contributed by atoms with Gasteiger partial charge >= 0.3 is 0 Å². The molecule has 1 aliphatic rings. The molecule has 1 amide bonds. The van der Waals surface area contributed by atoms with E-state index in [1.165, 1.54) is 26.2 Å². The lowest BCUT2D eigenvalue weighted by Crippen LogP contribution is -2.49. The summed E-state index contributed by atoms with van der Waals surface area (Å²) in [6.45, 7) is 3.89. The molecule has 148 valence electrons. The van der Waals surface area contributed by atoms with Gasteiger partial charge in [0.15, 0.2) is 6.61 Å². The van der Waals surface area contributed by atoms with Gasteiger partial charge in [0.05, 0.1) is 4.90 Å². The van der Waals surface area contributed by atoms with Crippen LogP contribution in [0.2, 0.25) is 0 Å². The third-order valence-corrected chi connectivity index (χ3v) is 6.77. The summed E-state index contributed by atoms with van der Waals surface area (Å²) in [4.78, 5) is 21.2. The first-order valence-electron chi connectivity index (χ1n) is 8.94. The fourth-order valence-electron chi connectivity index (χ4n) is 3.45. The lowest BCUT2D eigenvalue weighted by molar-refractivity contribution is -0.142. The lowest BCUT2D eigenvalue weighted by Gasteiger charge is -2.38. The molecule has 0 bridgehead atoms. The molecule has 0 N–H and O–H groups in total. The van der Waals surface area contributed by atoms with Crippen LogP contribution in [0.5, 0.6) is 0 Å². The lowest BCUT2D eigenvalue weighted by atomic mass is 9.97. The van der Waals surface area contributed by atoms with Gasteiger partial charge in [0.2, 0.25) is 10.0 Å². The van der Waals surface area contributed by atoms with Gasteiger partial charge in [-0.05, 0) is 56.5 Å². The molecule has 2 atom stereocenters. The Morgan fingerprint density at radius 1 is 1.26 bits per heavy atom. The van der Waals surface area contributed by atoms with E-state index in [2.05, 4.69) is 10.3 Å². The molecule has 1 aromatic heterocycles. The van der Waals surface area contributed by atoms with Gasteiger partial charge in [-0.1, -0.05) is 4.85 Å². The maximum atomic E-state index is 12.6. The van der Waals surface area contributed by atoms with Crippen LogP contribution in [0, 0.1) is 0 Å². The van der Waals surface area contributed by atoms with Crippen molar-refractivity contribution < 1.29 is 18.0 Å². The van der Waals surface area contributed by atoms with Gasteiger partial charge < -0.3 is 9.74 Å².